The first-order valence-electron chi connectivity index (χ1n) is 5.89. The smallest absolute Gasteiger partial charge is 0.317 e. The normalized spacial score (nSPS) is 26.6. The third-order valence-electron chi connectivity index (χ3n) is 3.45. The molecule has 0 aromatic heterocycles. The van der Waals surface area contributed by atoms with Crippen molar-refractivity contribution in [2.75, 3.05) is 32.1 Å². The number of rotatable bonds is 4. The van der Waals surface area contributed by atoms with Crippen LogP contribution in [0.2, 0.25) is 0 Å². The average molecular weight is 262 g/mol. The Morgan fingerprint density at radius 2 is 2.00 bits per heavy atom. The molecule has 7 heteroatoms. The van der Waals surface area contributed by atoms with Gasteiger partial charge in [0, 0.05) is 19.6 Å². The minimum atomic E-state index is -3.29. The third-order valence-corrected chi connectivity index (χ3v) is 5.26. The molecule has 1 saturated heterocycles. The molecule has 6 nitrogen and oxygen atoms in total. The van der Waals surface area contributed by atoms with Gasteiger partial charge in [-0.15, -0.1) is 0 Å². The molecule has 1 aliphatic carbocycles. The molecule has 0 aromatic carbocycles. The Bertz CT molecular complexity index is 391. The fraction of sp³-hybridized carbons (Fsp3) is 0.900. The third kappa shape index (κ3) is 3.17. The maximum absolute atomic E-state index is 11.9. The summed E-state index contributed by atoms with van der Waals surface area (Å²) in [4.78, 5) is 12.0. The highest BCUT2D eigenvalue weighted by Crippen LogP contribution is 2.28. The molecule has 0 unspecified atom stereocenters. The number of carboxylic acid groups (broad SMARTS) is 1. The number of carbonyl (C=O) groups is 1. The van der Waals surface area contributed by atoms with Gasteiger partial charge in [-0.25, -0.2) is 8.42 Å². The van der Waals surface area contributed by atoms with E-state index in [-0.39, 0.29) is 12.4 Å². The zero-order chi connectivity index (χ0) is 12.5. The molecule has 1 N–H and O–H groups in total. The second-order valence-corrected chi connectivity index (χ2v) is 6.78. The van der Waals surface area contributed by atoms with Crippen LogP contribution in [0.4, 0.5) is 0 Å². The summed E-state index contributed by atoms with van der Waals surface area (Å²) in [6, 6.07) is 0. The zero-order valence-corrected chi connectivity index (χ0v) is 10.5. The molecule has 0 radical (unpaired) electrons. The van der Waals surface area contributed by atoms with E-state index < -0.39 is 16.0 Å². The van der Waals surface area contributed by atoms with Crippen molar-refractivity contribution in [1.82, 2.24) is 9.21 Å². The lowest BCUT2D eigenvalue weighted by atomic mass is 9.85. The maximum atomic E-state index is 11.9. The highest BCUT2D eigenvalue weighted by atomic mass is 32.2. The monoisotopic (exact) mass is 262 g/mol. The first-order valence-corrected chi connectivity index (χ1v) is 7.50. The van der Waals surface area contributed by atoms with Gasteiger partial charge in [-0.2, -0.15) is 4.31 Å². The molecule has 0 bridgehead atoms. The summed E-state index contributed by atoms with van der Waals surface area (Å²) in [5.74, 6) is -0.630. The summed E-state index contributed by atoms with van der Waals surface area (Å²) in [5, 5.41) is 8.64. The van der Waals surface area contributed by atoms with Crippen LogP contribution in [-0.4, -0.2) is 60.8 Å². The van der Waals surface area contributed by atoms with Gasteiger partial charge in [0.25, 0.3) is 0 Å². The zero-order valence-electron chi connectivity index (χ0n) is 9.71. The standard InChI is InChI=1S/C10H18N2O4S/c13-10(14)7-11-4-5-12(17(15,16)8-11)6-9-2-1-3-9/h9H,1-8H2,(H,13,14). The minimum absolute atomic E-state index is 0.161. The van der Waals surface area contributed by atoms with Crippen LogP contribution in [0.5, 0.6) is 0 Å². The number of sulfonamides is 1. The Morgan fingerprint density at radius 1 is 1.29 bits per heavy atom. The Hall–Kier alpha value is -0.660. The predicted molar refractivity (Wildman–Crippen MR) is 61.9 cm³/mol. The molecule has 17 heavy (non-hydrogen) atoms. The van der Waals surface area contributed by atoms with E-state index in [0.717, 1.165) is 12.8 Å². The summed E-state index contributed by atoms with van der Waals surface area (Å²) in [6.45, 7) is 1.35. The molecule has 2 fully saturated rings. The fourth-order valence-corrected chi connectivity index (χ4v) is 3.90. The lowest BCUT2D eigenvalue weighted by molar-refractivity contribution is -0.138. The molecule has 98 valence electrons. The maximum Gasteiger partial charge on any atom is 0.317 e. The highest BCUT2D eigenvalue weighted by molar-refractivity contribution is 7.89. The van der Waals surface area contributed by atoms with Gasteiger partial charge in [0.2, 0.25) is 10.0 Å². The van der Waals surface area contributed by atoms with Gasteiger partial charge in [-0.05, 0) is 18.8 Å². The largest absolute Gasteiger partial charge is 0.480 e. The summed E-state index contributed by atoms with van der Waals surface area (Å²) in [6.07, 6.45) is 3.43. The summed E-state index contributed by atoms with van der Waals surface area (Å²) < 4.78 is 25.4. The van der Waals surface area contributed by atoms with E-state index in [1.54, 1.807) is 0 Å². The molecule has 1 heterocycles. The molecular formula is C10H18N2O4S. The molecule has 1 saturated carbocycles. The van der Waals surface area contributed by atoms with Crippen molar-refractivity contribution in [3.05, 3.63) is 0 Å². The van der Waals surface area contributed by atoms with Crippen molar-refractivity contribution in [3.8, 4) is 0 Å². The predicted octanol–water partition coefficient (Wildman–Crippen LogP) is -0.224. The topological polar surface area (TPSA) is 77.9 Å². The Balaban J connectivity index is 1.92. The number of aliphatic carboxylic acids is 1. The van der Waals surface area contributed by atoms with Crippen LogP contribution in [0.15, 0.2) is 0 Å². The average Bonchev–Trinajstić information content (AvgIpc) is 2.11. The summed E-state index contributed by atoms with van der Waals surface area (Å²) in [5.41, 5.74) is 0. The minimum Gasteiger partial charge on any atom is -0.480 e. The van der Waals surface area contributed by atoms with Gasteiger partial charge in [-0.3, -0.25) is 9.69 Å². The van der Waals surface area contributed by atoms with Crippen LogP contribution in [-0.2, 0) is 14.8 Å². The summed E-state index contributed by atoms with van der Waals surface area (Å²) in [7, 11) is -3.29. The molecule has 2 aliphatic rings. The van der Waals surface area contributed by atoms with Gasteiger partial charge in [0.1, 0.15) is 5.88 Å². The fourth-order valence-electron chi connectivity index (χ4n) is 2.25. The molecule has 0 aromatic rings. The van der Waals surface area contributed by atoms with E-state index in [1.165, 1.54) is 15.6 Å². The van der Waals surface area contributed by atoms with E-state index in [1.807, 2.05) is 0 Å². The van der Waals surface area contributed by atoms with E-state index in [0.29, 0.717) is 25.6 Å². The van der Waals surface area contributed by atoms with E-state index in [2.05, 4.69) is 0 Å². The van der Waals surface area contributed by atoms with Crippen LogP contribution in [0, 0.1) is 5.92 Å². The number of hydrogen-bond acceptors (Lipinski definition) is 4. The van der Waals surface area contributed by atoms with Gasteiger partial charge in [0.05, 0.1) is 6.54 Å². The van der Waals surface area contributed by atoms with Crippen LogP contribution < -0.4 is 0 Å². The van der Waals surface area contributed by atoms with Gasteiger partial charge >= 0.3 is 5.97 Å². The highest BCUT2D eigenvalue weighted by Gasteiger charge is 2.33. The first kappa shape index (κ1) is 12.8. The number of nitrogens with zero attached hydrogens (tertiary/aromatic N) is 2. The lowest BCUT2D eigenvalue weighted by Gasteiger charge is -2.37. The van der Waals surface area contributed by atoms with Crippen molar-refractivity contribution in [3.63, 3.8) is 0 Å². The molecule has 2 rings (SSSR count). The van der Waals surface area contributed by atoms with Crippen molar-refractivity contribution >= 4 is 16.0 Å². The van der Waals surface area contributed by atoms with Gasteiger partial charge < -0.3 is 5.11 Å². The molecule has 0 spiro atoms. The van der Waals surface area contributed by atoms with E-state index in [4.69, 9.17) is 5.11 Å². The Morgan fingerprint density at radius 3 is 2.47 bits per heavy atom. The first-order chi connectivity index (χ1) is 7.97. The molecular weight excluding hydrogens is 244 g/mol. The number of hydrogen-bond donors (Lipinski definition) is 1. The quantitative estimate of drug-likeness (QED) is 0.757. The Kier molecular flexibility index (Phi) is 3.70. The van der Waals surface area contributed by atoms with Gasteiger partial charge in [0.15, 0.2) is 0 Å². The lowest BCUT2D eigenvalue weighted by Crippen LogP contribution is -2.52. The van der Waals surface area contributed by atoms with Crippen molar-refractivity contribution < 1.29 is 18.3 Å². The Labute approximate surface area is 101 Å². The van der Waals surface area contributed by atoms with E-state index in [9.17, 15) is 13.2 Å². The van der Waals surface area contributed by atoms with Crippen LogP contribution >= 0.6 is 0 Å². The van der Waals surface area contributed by atoms with Crippen LogP contribution in [0.1, 0.15) is 19.3 Å². The summed E-state index contributed by atoms with van der Waals surface area (Å²) >= 11 is 0. The van der Waals surface area contributed by atoms with Crippen molar-refractivity contribution in [2.45, 2.75) is 19.3 Å². The second kappa shape index (κ2) is 4.91. The van der Waals surface area contributed by atoms with Crippen LogP contribution in [0.3, 0.4) is 0 Å². The molecule has 0 amide bonds. The van der Waals surface area contributed by atoms with Crippen molar-refractivity contribution in [2.24, 2.45) is 5.92 Å². The molecule has 1 aliphatic heterocycles. The van der Waals surface area contributed by atoms with E-state index >= 15 is 0 Å². The molecule has 0 atom stereocenters. The SMILES string of the molecule is O=C(O)CN1CCN(CC2CCC2)S(=O)(=O)C1. The van der Waals surface area contributed by atoms with Crippen LogP contribution in [0.25, 0.3) is 0 Å². The second-order valence-electron chi connectivity index (χ2n) is 4.84. The number of carboxylic acids is 1. The van der Waals surface area contributed by atoms with Crippen molar-refractivity contribution in [1.29, 1.82) is 0 Å². The van der Waals surface area contributed by atoms with Gasteiger partial charge in [-0.1, -0.05) is 6.42 Å².